The number of nitrogens with zero attached hydrogens (tertiary/aromatic N) is 1. The minimum Gasteiger partial charge on any atom is -0.497 e. The Hall–Kier alpha value is -1.98. The minimum atomic E-state index is -0.503. The van der Waals surface area contributed by atoms with Gasteiger partial charge in [-0.3, -0.25) is 0 Å². The third-order valence-electron chi connectivity index (χ3n) is 3.87. The van der Waals surface area contributed by atoms with Gasteiger partial charge >= 0.3 is 5.97 Å². The largest absolute Gasteiger partial charge is 0.497 e. The Morgan fingerprint density at radius 3 is 2.79 bits per heavy atom. The number of hydrogen-bond acceptors (Lipinski definition) is 5. The fraction of sp³-hybridized carbons (Fsp3) is 0.222. The highest BCUT2D eigenvalue weighted by Crippen LogP contribution is 2.28. The van der Waals surface area contributed by atoms with Crippen LogP contribution < -0.4 is 4.74 Å². The molecule has 4 nitrogen and oxygen atoms in total. The lowest BCUT2D eigenvalue weighted by atomic mass is 10.1. The van der Waals surface area contributed by atoms with Crippen LogP contribution in [0.4, 0.5) is 0 Å². The van der Waals surface area contributed by atoms with E-state index in [9.17, 15) is 4.79 Å². The van der Waals surface area contributed by atoms with E-state index in [-0.39, 0.29) is 0 Å². The first-order valence-electron chi connectivity index (χ1n) is 7.41. The summed E-state index contributed by atoms with van der Waals surface area (Å²) < 4.78 is 5.23. The van der Waals surface area contributed by atoms with Crippen molar-refractivity contribution in [1.29, 1.82) is 0 Å². The molecule has 3 rings (SSSR count). The van der Waals surface area contributed by atoms with E-state index in [0.717, 1.165) is 40.3 Å². The molecule has 0 saturated carbocycles. The van der Waals surface area contributed by atoms with Crippen LogP contribution >= 0.6 is 23.4 Å². The molecule has 124 valence electrons. The molecule has 0 atom stereocenters. The van der Waals surface area contributed by atoms with E-state index < -0.39 is 5.97 Å². The summed E-state index contributed by atoms with van der Waals surface area (Å²) in [5, 5.41) is 4.57. The quantitative estimate of drug-likeness (QED) is 0.454. The van der Waals surface area contributed by atoms with Crippen molar-refractivity contribution in [3.05, 3.63) is 58.1 Å². The number of oxime groups is 1. The van der Waals surface area contributed by atoms with Gasteiger partial charge in [-0.05, 0) is 61.1 Å². The number of halogens is 1. The van der Waals surface area contributed by atoms with Crippen molar-refractivity contribution in [2.24, 2.45) is 5.16 Å². The van der Waals surface area contributed by atoms with Crippen LogP contribution in [0.1, 0.15) is 27.9 Å². The fourth-order valence-corrected chi connectivity index (χ4v) is 3.39. The number of aryl methyl sites for hydroxylation is 1. The molecule has 0 N–H and O–H groups in total. The average Bonchev–Trinajstić information content (AvgIpc) is 3.01. The van der Waals surface area contributed by atoms with Crippen LogP contribution in [0.5, 0.6) is 5.75 Å². The summed E-state index contributed by atoms with van der Waals surface area (Å²) in [6.07, 6.45) is 3.49. The van der Waals surface area contributed by atoms with Crippen molar-refractivity contribution in [1.82, 2.24) is 0 Å². The average molecular weight is 362 g/mol. The number of fused-ring (bicyclic) bond motifs is 1. The van der Waals surface area contributed by atoms with Crippen LogP contribution in [0.2, 0.25) is 5.02 Å². The third-order valence-corrected chi connectivity index (χ3v) is 4.91. The predicted molar refractivity (Wildman–Crippen MR) is 96.5 cm³/mol. The van der Waals surface area contributed by atoms with Gasteiger partial charge < -0.3 is 9.57 Å². The summed E-state index contributed by atoms with van der Waals surface area (Å²) in [6.45, 7) is 0. The zero-order chi connectivity index (χ0) is 17.1. The highest BCUT2D eigenvalue weighted by molar-refractivity contribution is 7.98. The third kappa shape index (κ3) is 3.42. The number of carbonyl (C=O) groups excluding carboxylic acids is 1. The molecule has 0 fully saturated rings. The summed E-state index contributed by atoms with van der Waals surface area (Å²) in [5.74, 6) is 0.312. The van der Waals surface area contributed by atoms with Gasteiger partial charge in [0.25, 0.3) is 0 Å². The number of carbonyl (C=O) groups is 1. The summed E-state index contributed by atoms with van der Waals surface area (Å²) in [5.41, 5.74) is 3.34. The standard InChI is InChI=1S/C18H16ClNO3S/c1-22-13-5-6-14-11(9-13)3-7-16(14)20-23-18(21)15-10-12(19)4-8-17(15)24-2/h4-6,8-10H,3,7H2,1-2H3/b20-16+. The molecule has 2 aromatic carbocycles. The van der Waals surface area contributed by atoms with Crippen molar-refractivity contribution in [2.75, 3.05) is 13.4 Å². The van der Waals surface area contributed by atoms with Gasteiger partial charge in [0.05, 0.1) is 18.4 Å². The second-order valence-electron chi connectivity index (χ2n) is 5.28. The summed E-state index contributed by atoms with van der Waals surface area (Å²) >= 11 is 7.44. The van der Waals surface area contributed by atoms with Gasteiger partial charge in [0.1, 0.15) is 5.75 Å². The molecule has 0 unspecified atom stereocenters. The van der Waals surface area contributed by atoms with Gasteiger partial charge in [0.2, 0.25) is 0 Å². The molecule has 0 aliphatic heterocycles. The Labute approximate surface area is 149 Å². The monoisotopic (exact) mass is 361 g/mol. The Kier molecular flexibility index (Phi) is 5.11. The molecule has 2 aromatic rings. The lowest BCUT2D eigenvalue weighted by Gasteiger charge is -2.06. The first kappa shape index (κ1) is 16.9. The van der Waals surface area contributed by atoms with Crippen LogP contribution in [0, 0.1) is 0 Å². The number of ether oxygens (including phenoxy) is 1. The molecule has 24 heavy (non-hydrogen) atoms. The summed E-state index contributed by atoms with van der Waals surface area (Å²) in [4.78, 5) is 18.3. The highest BCUT2D eigenvalue weighted by atomic mass is 35.5. The molecule has 0 amide bonds. The van der Waals surface area contributed by atoms with Crippen molar-refractivity contribution < 1.29 is 14.4 Å². The van der Waals surface area contributed by atoms with E-state index in [0.29, 0.717) is 10.6 Å². The van der Waals surface area contributed by atoms with E-state index in [1.54, 1.807) is 25.3 Å². The number of benzene rings is 2. The number of thioether (sulfide) groups is 1. The molecular formula is C18H16ClNO3S. The molecule has 1 aliphatic carbocycles. The number of rotatable bonds is 4. The molecule has 0 saturated heterocycles. The molecule has 0 bridgehead atoms. The molecular weight excluding hydrogens is 346 g/mol. The van der Waals surface area contributed by atoms with Crippen LogP contribution in [-0.2, 0) is 11.3 Å². The van der Waals surface area contributed by atoms with Crippen LogP contribution in [0.15, 0.2) is 46.4 Å². The van der Waals surface area contributed by atoms with Crippen molar-refractivity contribution in [2.45, 2.75) is 17.7 Å². The lowest BCUT2D eigenvalue weighted by molar-refractivity contribution is 0.0512. The summed E-state index contributed by atoms with van der Waals surface area (Å²) in [6, 6.07) is 11.0. The first-order chi connectivity index (χ1) is 11.6. The van der Waals surface area contributed by atoms with Gasteiger partial charge in [-0.2, -0.15) is 0 Å². The molecule has 6 heteroatoms. The van der Waals surface area contributed by atoms with Crippen LogP contribution in [0.3, 0.4) is 0 Å². The molecule has 0 aromatic heterocycles. The number of hydrogen-bond donors (Lipinski definition) is 0. The van der Waals surface area contributed by atoms with Gasteiger partial charge in [0, 0.05) is 15.5 Å². The second kappa shape index (κ2) is 7.28. The maximum atomic E-state index is 12.3. The Morgan fingerprint density at radius 2 is 2.04 bits per heavy atom. The minimum absolute atomic E-state index is 0.423. The van der Waals surface area contributed by atoms with E-state index >= 15 is 0 Å². The highest BCUT2D eigenvalue weighted by Gasteiger charge is 2.20. The van der Waals surface area contributed by atoms with Crippen molar-refractivity contribution in [3.8, 4) is 5.75 Å². The van der Waals surface area contributed by atoms with Gasteiger partial charge in [-0.25, -0.2) is 4.79 Å². The van der Waals surface area contributed by atoms with Gasteiger partial charge in [-0.15, -0.1) is 11.8 Å². The smallest absolute Gasteiger partial charge is 0.366 e. The summed E-state index contributed by atoms with van der Waals surface area (Å²) in [7, 11) is 1.64. The second-order valence-corrected chi connectivity index (χ2v) is 6.57. The Morgan fingerprint density at radius 1 is 1.21 bits per heavy atom. The van der Waals surface area contributed by atoms with E-state index in [4.69, 9.17) is 21.2 Å². The lowest BCUT2D eigenvalue weighted by Crippen LogP contribution is -2.05. The molecule has 0 radical (unpaired) electrons. The Balaban J connectivity index is 1.81. The van der Waals surface area contributed by atoms with E-state index in [1.807, 2.05) is 24.5 Å². The van der Waals surface area contributed by atoms with Gasteiger partial charge in [0.15, 0.2) is 0 Å². The topological polar surface area (TPSA) is 47.9 Å². The van der Waals surface area contributed by atoms with Crippen LogP contribution in [-0.4, -0.2) is 25.0 Å². The normalized spacial score (nSPS) is 14.5. The van der Waals surface area contributed by atoms with E-state index in [1.165, 1.54) is 11.8 Å². The van der Waals surface area contributed by atoms with Crippen molar-refractivity contribution in [3.63, 3.8) is 0 Å². The maximum Gasteiger partial charge on any atom is 0.366 e. The van der Waals surface area contributed by atoms with E-state index in [2.05, 4.69) is 5.16 Å². The number of methoxy groups -OCH3 is 1. The van der Waals surface area contributed by atoms with Crippen molar-refractivity contribution >= 4 is 35.0 Å². The molecule has 1 aliphatic rings. The molecule has 0 heterocycles. The Bertz CT molecular complexity index is 820. The zero-order valence-electron chi connectivity index (χ0n) is 13.3. The SMILES string of the molecule is COc1ccc2c(c1)CC/C2=N\OC(=O)c1cc(Cl)ccc1SC. The molecule has 0 spiro atoms. The predicted octanol–water partition coefficient (Wildman–Crippen LogP) is 4.58. The van der Waals surface area contributed by atoms with Crippen LogP contribution in [0.25, 0.3) is 0 Å². The fourth-order valence-electron chi connectivity index (χ4n) is 2.65. The maximum absolute atomic E-state index is 12.3. The van der Waals surface area contributed by atoms with Gasteiger partial charge in [-0.1, -0.05) is 16.8 Å². The zero-order valence-corrected chi connectivity index (χ0v) is 14.9. The first-order valence-corrected chi connectivity index (χ1v) is 9.01.